The minimum atomic E-state index is -0.484. The largest absolute Gasteiger partial charge is 0.469 e. The van der Waals surface area contributed by atoms with Crippen LogP contribution in [0.2, 0.25) is 0 Å². The molecule has 17 heavy (non-hydrogen) atoms. The lowest BCUT2D eigenvalue weighted by molar-refractivity contribution is -0.143. The fraction of sp³-hybridized carbons (Fsp3) is 0.833. The Hall–Kier alpha value is -0.840. The van der Waals surface area contributed by atoms with E-state index in [0.29, 0.717) is 0 Å². The topological polar surface area (TPSA) is 44.8 Å². The molecule has 0 spiro atoms. The minimum absolute atomic E-state index is 0.0883. The summed E-state index contributed by atoms with van der Waals surface area (Å²) in [6, 6.07) is 0. The third kappa shape index (κ3) is 1.80. The van der Waals surface area contributed by atoms with Crippen LogP contribution >= 0.6 is 12.2 Å². The van der Waals surface area contributed by atoms with Crippen LogP contribution in [0.3, 0.4) is 0 Å². The van der Waals surface area contributed by atoms with E-state index in [1.807, 2.05) is 27.7 Å². The highest BCUT2D eigenvalue weighted by molar-refractivity contribution is 7.79. The molecule has 3 atom stereocenters. The van der Waals surface area contributed by atoms with Crippen LogP contribution in [0.25, 0.3) is 0 Å². The molecule has 1 saturated heterocycles. The van der Waals surface area contributed by atoms with E-state index in [9.17, 15) is 4.79 Å². The maximum Gasteiger partial charge on any atom is 0.353 e. The third-order valence-electron chi connectivity index (χ3n) is 3.95. The summed E-state index contributed by atoms with van der Waals surface area (Å²) in [5.41, 5.74) is -0.611. The zero-order valence-corrected chi connectivity index (χ0v) is 11.6. The molecule has 2 rings (SSSR count). The Kier molecular flexibility index (Phi) is 2.65. The number of esters is 1. The van der Waals surface area contributed by atoms with Crippen molar-refractivity contribution in [3.63, 3.8) is 0 Å². The lowest BCUT2D eigenvalue weighted by Gasteiger charge is -2.23. The second-order valence-electron chi connectivity index (χ2n) is 5.84. The van der Waals surface area contributed by atoms with E-state index in [1.165, 1.54) is 7.11 Å². The van der Waals surface area contributed by atoms with E-state index in [1.54, 1.807) is 0 Å². The minimum Gasteiger partial charge on any atom is -0.469 e. The molecule has 0 aromatic rings. The van der Waals surface area contributed by atoms with Gasteiger partial charge in [-0.2, -0.15) is 0 Å². The van der Waals surface area contributed by atoms with Gasteiger partial charge in [0.15, 0.2) is 0 Å². The van der Waals surface area contributed by atoms with Gasteiger partial charge in [0.25, 0.3) is 0 Å². The van der Waals surface area contributed by atoms with Gasteiger partial charge >= 0.3 is 11.2 Å². The van der Waals surface area contributed by atoms with Gasteiger partial charge in [-0.1, -0.05) is 13.8 Å². The number of methoxy groups -OCH3 is 1. The van der Waals surface area contributed by atoms with Gasteiger partial charge in [0.1, 0.15) is 11.7 Å². The monoisotopic (exact) mass is 258 g/mol. The zero-order valence-electron chi connectivity index (χ0n) is 10.8. The van der Waals surface area contributed by atoms with Gasteiger partial charge in [-0.3, -0.25) is 4.79 Å². The molecule has 1 saturated carbocycles. The number of thiocarbonyl (C=S) groups is 1. The number of carbonyl (C=O) groups is 1. The predicted octanol–water partition coefficient (Wildman–Crippen LogP) is 1.91. The van der Waals surface area contributed by atoms with Gasteiger partial charge in [0.2, 0.25) is 0 Å². The summed E-state index contributed by atoms with van der Waals surface area (Å²) in [6.07, 6.45) is -0.186. The van der Waals surface area contributed by atoms with Crippen molar-refractivity contribution >= 4 is 23.4 Å². The van der Waals surface area contributed by atoms with Gasteiger partial charge in [-0.15, -0.1) is 0 Å². The summed E-state index contributed by atoms with van der Waals surface area (Å²) in [5, 5.41) is 0.173. The smallest absolute Gasteiger partial charge is 0.353 e. The molecule has 4 nitrogen and oxygen atoms in total. The summed E-state index contributed by atoms with van der Waals surface area (Å²) in [6.45, 7) is 7.94. The second kappa shape index (κ2) is 3.57. The molecular weight excluding hydrogens is 240 g/mol. The summed E-state index contributed by atoms with van der Waals surface area (Å²) >= 11 is 4.94. The molecule has 1 aliphatic heterocycles. The molecule has 2 aliphatic rings. The van der Waals surface area contributed by atoms with Crippen LogP contribution in [0, 0.1) is 17.3 Å². The highest BCUT2D eigenvalue weighted by Crippen LogP contribution is 2.63. The van der Waals surface area contributed by atoms with Crippen molar-refractivity contribution in [2.75, 3.05) is 7.11 Å². The maximum absolute atomic E-state index is 11.7. The van der Waals surface area contributed by atoms with E-state index in [4.69, 9.17) is 26.4 Å². The molecule has 0 N–H and O–H groups in total. The lowest BCUT2D eigenvalue weighted by atomic mass is 9.93. The second-order valence-corrected chi connectivity index (χ2v) is 6.18. The first-order valence-electron chi connectivity index (χ1n) is 5.69. The van der Waals surface area contributed by atoms with E-state index in [-0.39, 0.29) is 34.6 Å². The van der Waals surface area contributed by atoms with Crippen LogP contribution < -0.4 is 0 Å². The van der Waals surface area contributed by atoms with Crippen LogP contribution in [-0.4, -0.2) is 30.0 Å². The molecule has 2 fully saturated rings. The Labute approximate surface area is 107 Å². The molecular formula is C12H18O4S. The molecule has 1 heterocycles. The van der Waals surface area contributed by atoms with Crippen molar-refractivity contribution in [1.29, 1.82) is 0 Å². The molecule has 96 valence electrons. The first kappa shape index (κ1) is 12.6. The first-order chi connectivity index (χ1) is 7.71. The lowest BCUT2D eigenvalue weighted by Crippen LogP contribution is -2.36. The highest BCUT2D eigenvalue weighted by atomic mass is 32.1. The quantitative estimate of drug-likeness (QED) is 0.559. The summed E-state index contributed by atoms with van der Waals surface area (Å²) < 4.78 is 15.9. The van der Waals surface area contributed by atoms with Gasteiger partial charge in [-0.25, -0.2) is 0 Å². The van der Waals surface area contributed by atoms with Crippen molar-refractivity contribution in [2.45, 2.75) is 39.4 Å². The maximum atomic E-state index is 11.7. The third-order valence-corrected chi connectivity index (χ3v) is 4.13. The average Bonchev–Trinajstić information content (AvgIpc) is 2.63. The molecule has 0 aromatic heterocycles. The predicted molar refractivity (Wildman–Crippen MR) is 65.4 cm³/mol. The van der Waals surface area contributed by atoms with E-state index >= 15 is 0 Å². The van der Waals surface area contributed by atoms with Gasteiger partial charge in [0, 0.05) is 18.1 Å². The number of rotatable bonds is 2. The Morgan fingerprint density at radius 1 is 1.35 bits per heavy atom. The van der Waals surface area contributed by atoms with Crippen LogP contribution in [-0.2, 0) is 19.0 Å². The SMILES string of the molecule is COC(=O)[C@@H]1[C@@H](C2OC(=S)OC2(C)C)C1(C)C. The highest BCUT2D eigenvalue weighted by Gasteiger charge is 2.70. The van der Waals surface area contributed by atoms with Crippen molar-refractivity contribution in [3.8, 4) is 0 Å². The Balaban J connectivity index is 2.20. The standard InChI is InChI=1S/C12H18O4S/c1-11(2)6(7(11)9(13)14-5)8-12(3,4)16-10(17)15-8/h6-8H,1-5H3/t6-,7-,8?/m0/s1. The number of carbonyl (C=O) groups excluding carboxylic acids is 1. The van der Waals surface area contributed by atoms with E-state index < -0.39 is 5.60 Å². The first-order valence-corrected chi connectivity index (χ1v) is 6.10. The van der Waals surface area contributed by atoms with Crippen molar-refractivity contribution in [1.82, 2.24) is 0 Å². The van der Waals surface area contributed by atoms with Gasteiger partial charge in [-0.05, 0) is 19.3 Å². The molecule has 1 unspecified atom stereocenters. The van der Waals surface area contributed by atoms with E-state index in [0.717, 1.165) is 0 Å². The molecule has 1 aliphatic carbocycles. The summed E-state index contributed by atoms with van der Waals surface area (Å²) in [4.78, 5) is 11.7. The molecule has 0 aromatic carbocycles. The number of hydrogen-bond acceptors (Lipinski definition) is 5. The van der Waals surface area contributed by atoms with E-state index in [2.05, 4.69) is 0 Å². The number of ether oxygens (including phenoxy) is 3. The number of hydrogen-bond donors (Lipinski definition) is 0. The van der Waals surface area contributed by atoms with Crippen molar-refractivity contribution in [2.24, 2.45) is 17.3 Å². The van der Waals surface area contributed by atoms with Crippen LogP contribution in [0.4, 0.5) is 0 Å². The fourth-order valence-electron chi connectivity index (χ4n) is 2.87. The molecule has 5 heteroatoms. The van der Waals surface area contributed by atoms with Crippen LogP contribution in [0.1, 0.15) is 27.7 Å². The fourth-order valence-corrected chi connectivity index (χ4v) is 3.19. The Bertz CT molecular complexity index is 375. The van der Waals surface area contributed by atoms with Crippen LogP contribution in [0.15, 0.2) is 0 Å². The summed E-state index contributed by atoms with van der Waals surface area (Å²) in [7, 11) is 1.41. The van der Waals surface area contributed by atoms with Crippen molar-refractivity contribution < 1.29 is 19.0 Å². The normalized spacial score (nSPS) is 37.0. The Morgan fingerprint density at radius 3 is 2.35 bits per heavy atom. The molecule has 0 amide bonds. The molecule has 0 radical (unpaired) electrons. The van der Waals surface area contributed by atoms with Crippen molar-refractivity contribution in [3.05, 3.63) is 0 Å². The Morgan fingerprint density at radius 2 is 1.94 bits per heavy atom. The zero-order chi connectivity index (χ0) is 13.0. The van der Waals surface area contributed by atoms with Crippen LogP contribution in [0.5, 0.6) is 0 Å². The average molecular weight is 258 g/mol. The van der Waals surface area contributed by atoms with Gasteiger partial charge < -0.3 is 14.2 Å². The summed E-state index contributed by atoms with van der Waals surface area (Å²) in [5.74, 6) is -0.233. The van der Waals surface area contributed by atoms with Gasteiger partial charge in [0.05, 0.1) is 13.0 Å². The molecule has 0 bridgehead atoms.